The molecule has 0 saturated carbocycles. The van der Waals surface area contributed by atoms with Crippen LogP contribution in [0.5, 0.6) is 0 Å². The third kappa shape index (κ3) is 2.03. The molecule has 0 fully saturated rings. The topological polar surface area (TPSA) is 52.0 Å². The molecule has 15 heavy (non-hydrogen) atoms. The Morgan fingerprint density at radius 1 is 1.47 bits per heavy atom. The minimum atomic E-state index is 0.396. The number of nitrogens with two attached hydrogens (primary N) is 1. The van der Waals surface area contributed by atoms with Crippen LogP contribution in [0.2, 0.25) is 0 Å². The zero-order valence-corrected chi connectivity index (χ0v) is 10.4. The lowest BCUT2D eigenvalue weighted by atomic mass is 10.2. The number of halogens is 1. The van der Waals surface area contributed by atoms with Gasteiger partial charge in [0.1, 0.15) is 0 Å². The van der Waals surface area contributed by atoms with Crippen LogP contribution >= 0.6 is 27.7 Å². The van der Waals surface area contributed by atoms with Gasteiger partial charge in [0.15, 0.2) is 11.6 Å². The molecule has 2 N–H and O–H groups in total. The second kappa shape index (κ2) is 4.28. The summed E-state index contributed by atoms with van der Waals surface area (Å²) >= 11 is 5.15. The summed E-state index contributed by atoms with van der Waals surface area (Å²) in [5.74, 6) is 1.08. The van der Waals surface area contributed by atoms with E-state index < -0.39 is 0 Å². The quantitative estimate of drug-likeness (QED) is 0.859. The van der Waals surface area contributed by atoms with Crippen LogP contribution < -0.4 is 5.73 Å². The summed E-state index contributed by atoms with van der Waals surface area (Å²) in [6, 6.07) is 7.70. The van der Waals surface area contributed by atoms with Crippen molar-refractivity contribution in [2.24, 2.45) is 0 Å². The predicted molar refractivity (Wildman–Crippen MR) is 65.8 cm³/mol. The first kappa shape index (κ1) is 10.6. The van der Waals surface area contributed by atoms with Gasteiger partial charge >= 0.3 is 0 Å². The van der Waals surface area contributed by atoms with Crippen LogP contribution in [0.25, 0.3) is 11.3 Å². The van der Waals surface area contributed by atoms with E-state index in [-0.39, 0.29) is 0 Å². The molecule has 0 aliphatic rings. The number of benzene rings is 1. The summed E-state index contributed by atoms with van der Waals surface area (Å²) in [7, 11) is 0. The van der Waals surface area contributed by atoms with Gasteiger partial charge in [-0.1, -0.05) is 11.2 Å². The van der Waals surface area contributed by atoms with Crippen LogP contribution in [0.1, 0.15) is 0 Å². The van der Waals surface area contributed by atoms with Crippen molar-refractivity contribution in [3.05, 3.63) is 28.7 Å². The van der Waals surface area contributed by atoms with Gasteiger partial charge in [-0.05, 0) is 34.3 Å². The van der Waals surface area contributed by atoms with Gasteiger partial charge in [0.2, 0.25) is 0 Å². The van der Waals surface area contributed by atoms with Gasteiger partial charge in [-0.3, -0.25) is 0 Å². The Hall–Kier alpha value is -0.940. The van der Waals surface area contributed by atoms with E-state index in [2.05, 4.69) is 21.1 Å². The zero-order valence-electron chi connectivity index (χ0n) is 8.03. The average molecular weight is 285 g/mol. The molecular weight excluding hydrogens is 276 g/mol. The fourth-order valence-electron chi connectivity index (χ4n) is 1.32. The number of nitrogen functional groups attached to an aromatic ring is 1. The number of nitrogens with zero attached hydrogens (tertiary/aromatic N) is 1. The molecule has 5 heteroatoms. The van der Waals surface area contributed by atoms with Gasteiger partial charge in [-0.2, -0.15) is 0 Å². The van der Waals surface area contributed by atoms with Crippen molar-refractivity contribution < 1.29 is 4.52 Å². The molecule has 2 aromatic rings. The monoisotopic (exact) mass is 284 g/mol. The molecule has 1 heterocycles. The van der Waals surface area contributed by atoms with Gasteiger partial charge in [0.05, 0.1) is 0 Å². The van der Waals surface area contributed by atoms with Crippen molar-refractivity contribution >= 4 is 33.5 Å². The lowest BCUT2D eigenvalue weighted by Gasteiger charge is -2.05. The van der Waals surface area contributed by atoms with Crippen molar-refractivity contribution in [3.63, 3.8) is 0 Å². The van der Waals surface area contributed by atoms with Crippen molar-refractivity contribution in [3.8, 4) is 11.3 Å². The summed E-state index contributed by atoms with van der Waals surface area (Å²) in [4.78, 5) is 1.13. The van der Waals surface area contributed by atoms with Crippen LogP contribution in [0.15, 0.2) is 38.2 Å². The SMILES string of the molecule is CSc1cccc(Br)c1-c1cc(N)no1. The van der Waals surface area contributed by atoms with Gasteiger partial charge in [-0.25, -0.2) is 0 Å². The molecule has 1 aromatic carbocycles. The zero-order chi connectivity index (χ0) is 10.8. The highest BCUT2D eigenvalue weighted by Crippen LogP contribution is 2.36. The van der Waals surface area contributed by atoms with E-state index in [9.17, 15) is 0 Å². The Labute approximate surface area is 100 Å². The summed E-state index contributed by atoms with van der Waals surface area (Å²) in [5, 5.41) is 3.68. The Kier molecular flexibility index (Phi) is 3.02. The van der Waals surface area contributed by atoms with Crippen molar-refractivity contribution in [2.45, 2.75) is 4.90 Å². The third-order valence-electron chi connectivity index (χ3n) is 1.97. The number of anilines is 1. The standard InChI is InChI=1S/C10H9BrN2OS/c1-15-8-4-2-3-6(11)10(8)7-5-9(12)13-14-7/h2-5H,1H3,(H2,12,13). The van der Waals surface area contributed by atoms with Gasteiger partial charge in [0.25, 0.3) is 0 Å². The first-order valence-electron chi connectivity index (χ1n) is 4.27. The second-order valence-electron chi connectivity index (χ2n) is 2.93. The second-order valence-corrected chi connectivity index (χ2v) is 4.64. The van der Waals surface area contributed by atoms with Crippen molar-refractivity contribution in [1.82, 2.24) is 5.16 Å². The highest BCUT2D eigenvalue weighted by atomic mass is 79.9. The Morgan fingerprint density at radius 3 is 2.87 bits per heavy atom. The number of aromatic nitrogens is 1. The molecular formula is C10H9BrN2OS. The molecule has 1 aromatic heterocycles. The third-order valence-corrected chi connectivity index (χ3v) is 3.41. The normalized spacial score (nSPS) is 10.5. The molecule has 2 rings (SSSR count). The maximum Gasteiger partial charge on any atom is 0.171 e. The molecule has 3 nitrogen and oxygen atoms in total. The van der Waals surface area contributed by atoms with Gasteiger partial charge < -0.3 is 10.3 Å². The molecule has 0 aliphatic heterocycles. The fraction of sp³-hybridized carbons (Fsp3) is 0.100. The molecule has 0 bridgehead atoms. The summed E-state index contributed by atoms with van der Waals surface area (Å²) in [5.41, 5.74) is 6.53. The molecule has 0 radical (unpaired) electrons. The molecule has 0 amide bonds. The minimum Gasteiger partial charge on any atom is -0.381 e. The lowest BCUT2D eigenvalue weighted by molar-refractivity contribution is 0.435. The van der Waals surface area contributed by atoms with Crippen molar-refractivity contribution in [2.75, 3.05) is 12.0 Å². The van der Waals surface area contributed by atoms with E-state index in [1.807, 2.05) is 24.5 Å². The van der Waals surface area contributed by atoms with E-state index in [0.717, 1.165) is 14.9 Å². The maximum atomic E-state index is 5.53. The first-order valence-corrected chi connectivity index (χ1v) is 6.29. The number of thioether (sulfide) groups is 1. The van der Waals surface area contributed by atoms with E-state index >= 15 is 0 Å². The highest BCUT2D eigenvalue weighted by Gasteiger charge is 2.12. The van der Waals surface area contributed by atoms with Gasteiger partial charge in [0, 0.05) is 21.0 Å². The molecule has 0 unspecified atom stereocenters. The van der Waals surface area contributed by atoms with Crippen LogP contribution in [0.3, 0.4) is 0 Å². The number of rotatable bonds is 2. The highest BCUT2D eigenvalue weighted by molar-refractivity contribution is 9.10. The predicted octanol–water partition coefficient (Wildman–Crippen LogP) is 3.41. The van der Waals surface area contributed by atoms with Crippen LogP contribution in [0.4, 0.5) is 5.82 Å². The molecule has 78 valence electrons. The lowest BCUT2D eigenvalue weighted by Crippen LogP contribution is -1.82. The Bertz CT molecular complexity index is 484. The van der Waals surface area contributed by atoms with Crippen LogP contribution in [-0.2, 0) is 0 Å². The van der Waals surface area contributed by atoms with E-state index in [0.29, 0.717) is 11.6 Å². The summed E-state index contributed by atoms with van der Waals surface area (Å²) in [6.07, 6.45) is 2.02. The summed E-state index contributed by atoms with van der Waals surface area (Å²) in [6.45, 7) is 0. The largest absolute Gasteiger partial charge is 0.381 e. The molecule has 0 aliphatic carbocycles. The Morgan fingerprint density at radius 2 is 2.27 bits per heavy atom. The molecule has 0 saturated heterocycles. The first-order chi connectivity index (χ1) is 7.22. The Balaban J connectivity index is 2.60. The van der Waals surface area contributed by atoms with E-state index in [1.54, 1.807) is 17.8 Å². The van der Waals surface area contributed by atoms with Crippen LogP contribution in [-0.4, -0.2) is 11.4 Å². The van der Waals surface area contributed by atoms with Crippen molar-refractivity contribution in [1.29, 1.82) is 0 Å². The minimum absolute atomic E-state index is 0.396. The molecule has 0 atom stereocenters. The summed E-state index contributed by atoms with van der Waals surface area (Å²) < 4.78 is 6.13. The number of hydrogen-bond donors (Lipinski definition) is 1. The average Bonchev–Trinajstić information content (AvgIpc) is 2.64. The van der Waals surface area contributed by atoms with E-state index in [4.69, 9.17) is 10.3 Å². The van der Waals surface area contributed by atoms with Crippen LogP contribution in [0, 0.1) is 0 Å². The smallest absolute Gasteiger partial charge is 0.171 e. The van der Waals surface area contributed by atoms with Gasteiger partial charge in [-0.15, -0.1) is 11.8 Å². The fourth-order valence-corrected chi connectivity index (χ4v) is 2.64. The maximum absolute atomic E-state index is 5.53. The molecule has 0 spiro atoms. The number of hydrogen-bond acceptors (Lipinski definition) is 4. The van der Waals surface area contributed by atoms with E-state index in [1.165, 1.54) is 0 Å².